The molecule has 1 amide bonds. The molecule has 2 saturated carbocycles. The summed E-state index contributed by atoms with van der Waals surface area (Å²) in [4.78, 5) is 15.3. The van der Waals surface area contributed by atoms with Crippen LogP contribution in [0, 0.1) is 11.8 Å². The predicted molar refractivity (Wildman–Crippen MR) is 140 cm³/mol. The van der Waals surface area contributed by atoms with Gasteiger partial charge in [-0.3, -0.25) is 5.32 Å². The van der Waals surface area contributed by atoms with E-state index in [9.17, 15) is 4.79 Å². The third kappa shape index (κ3) is 5.51. The SMILES string of the molecule is CN(CCCOc1ccccc1)C1C2CCC1C(OC(=O)Nc1ccccc1-c1ccccc1)C2. The summed E-state index contributed by atoms with van der Waals surface area (Å²) in [6.07, 6.45) is 3.89. The van der Waals surface area contributed by atoms with Gasteiger partial charge in [-0.2, -0.15) is 0 Å². The molecule has 5 heteroatoms. The topological polar surface area (TPSA) is 50.8 Å². The van der Waals surface area contributed by atoms with Gasteiger partial charge in [0.1, 0.15) is 11.9 Å². The molecule has 0 radical (unpaired) electrons. The first kappa shape index (κ1) is 23.4. The maximum atomic E-state index is 12.9. The number of anilines is 1. The van der Waals surface area contributed by atoms with Crippen LogP contribution in [0.3, 0.4) is 0 Å². The van der Waals surface area contributed by atoms with Crippen LogP contribution in [0.15, 0.2) is 84.9 Å². The Kier molecular flexibility index (Phi) is 7.34. The van der Waals surface area contributed by atoms with Crippen molar-refractivity contribution in [1.82, 2.24) is 4.90 Å². The number of hydrogen-bond donors (Lipinski definition) is 1. The third-order valence-electron chi connectivity index (χ3n) is 7.49. The van der Waals surface area contributed by atoms with Gasteiger partial charge in [-0.25, -0.2) is 4.79 Å². The summed E-state index contributed by atoms with van der Waals surface area (Å²) in [6.45, 7) is 1.69. The number of rotatable bonds is 9. The predicted octanol–water partition coefficient (Wildman–Crippen LogP) is 6.47. The minimum Gasteiger partial charge on any atom is -0.494 e. The lowest BCUT2D eigenvalue weighted by atomic mass is 9.98. The summed E-state index contributed by atoms with van der Waals surface area (Å²) in [5.41, 5.74) is 2.84. The fraction of sp³-hybridized carbons (Fsp3) is 0.367. The minimum absolute atomic E-state index is 0.0225. The van der Waals surface area contributed by atoms with Crippen molar-refractivity contribution < 1.29 is 14.3 Å². The van der Waals surface area contributed by atoms with Gasteiger partial charge in [-0.1, -0.05) is 66.7 Å². The number of benzene rings is 3. The Morgan fingerprint density at radius 2 is 1.66 bits per heavy atom. The molecule has 4 atom stereocenters. The van der Waals surface area contributed by atoms with Gasteiger partial charge < -0.3 is 14.4 Å². The number of carbonyl (C=O) groups is 1. The largest absolute Gasteiger partial charge is 0.494 e. The van der Waals surface area contributed by atoms with Crippen LogP contribution >= 0.6 is 0 Å². The van der Waals surface area contributed by atoms with E-state index >= 15 is 0 Å². The quantitative estimate of drug-likeness (QED) is 0.364. The Balaban J connectivity index is 1.14. The van der Waals surface area contributed by atoms with Crippen LogP contribution < -0.4 is 10.1 Å². The first-order valence-electron chi connectivity index (χ1n) is 12.7. The van der Waals surface area contributed by atoms with Crippen molar-refractivity contribution in [2.75, 3.05) is 25.5 Å². The number of nitrogens with one attached hydrogen (secondary N) is 1. The van der Waals surface area contributed by atoms with E-state index in [1.165, 1.54) is 6.42 Å². The summed E-state index contributed by atoms with van der Waals surface area (Å²) in [5, 5.41) is 3.01. The zero-order valence-electron chi connectivity index (χ0n) is 20.3. The Bertz CT molecular complexity index is 1100. The summed E-state index contributed by atoms with van der Waals surface area (Å²) in [5.74, 6) is 1.91. The molecule has 3 aromatic carbocycles. The van der Waals surface area contributed by atoms with Crippen LogP contribution in [0.25, 0.3) is 11.1 Å². The Hall–Kier alpha value is -3.31. The first-order valence-corrected chi connectivity index (χ1v) is 12.7. The second-order valence-corrected chi connectivity index (χ2v) is 9.70. The van der Waals surface area contributed by atoms with E-state index in [1.54, 1.807) is 0 Å². The van der Waals surface area contributed by atoms with Gasteiger partial charge in [-0.05, 0) is 62.4 Å². The van der Waals surface area contributed by atoms with Crippen molar-refractivity contribution in [3.63, 3.8) is 0 Å². The molecule has 2 aliphatic carbocycles. The van der Waals surface area contributed by atoms with E-state index in [0.29, 0.717) is 24.5 Å². The number of fused-ring (bicyclic) bond motifs is 2. The molecule has 0 aromatic heterocycles. The van der Waals surface area contributed by atoms with Crippen LogP contribution in [-0.4, -0.2) is 43.3 Å². The molecule has 1 N–H and O–H groups in total. The molecule has 2 aliphatic rings. The molecule has 3 aromatic rings. The average molecular weight is 471 g/mol. The van der Waals surface area contributed by atoms with Gasteiger partial charge in [0.2, 0.25) is 0 Å². The fourth-order valence-corrected chi connectivity index (χ4v) is 5.96. The number of carbonyl (C=O) groups excluding carboxylic acids is 1. The van der Waals surface area contributed by atoms with E-state index in [2.05, 4.69) is 17.3 Å². The maximum absolute atomic E-state index is 12.9. The number of nitrogens with zero attached hydrogens (tertiary/aromatic N) is 1. The van der Waals surface area contributed by atoms with Gasteiger partial charge in [0.05, 0.1) is 12.3 Å². The van der Waals surface area contributed by atoms with Crippen LogP contribution in [-0.2, 0) is 4.74 Å². The standard InChI is InChI=1S/C30H34N2O3/c1-32(19-10-20-34-24-13-6-3-7-14-24)29-23-17-18-26(29)28(21-23)35-30(33)31-27-16-9-8-15-25(27)22-11-4-2-5-12-22/h2-9,11-16,23,26,28-29H,10,17-21H2,1H3,(H,31,33). The molecule has 0 saturated heterocycles. The third-order valence-corrected chi connectivity index (χ3v) is 7.49. The van der Waals surface area contributed by atoms with Gasteiger partial charge in [0.15, 0.2) is 0 Å². The normalized spacial score (nSPS) is 22.8. The molecule has 2 bridgehead atoms. The van der Waals surface area contributed by atoms with Gasteiger partial charge in [0, 0.05) is 24.1 Å². The molecule has 182 valence electrons. The van der Waals surface area contributed by atoms with Gasteiger partial charge in [0.25, 0.3) is 0 Å². The van der Waals surface area contributed by atoms with Crippen LogP contribution in [0.4, 0.5) is 10.5 Å². The Morgan fingerprint density at radius 3 is 2.46 bits per heavy atom. The maximum Gasteiger partial charge on any atom is 0.411 e. The summed E-state index contributed by atoms with van der Waals surface area (Å²) in [7, 11) is 2.21. The molecule has 0 spiro atoms. The van der Waals surface area contributed by atoms with E-state index in [0.717, 1.165) is 48.4 Å². The lowest BCUT2D eigenvalue weighted by Gasteiger charge is -2.29. The highest BCUT2D eigenvalue weighted by atomic mass is 16.6. The van der Waals surface area contributed by atoms with Crippen LogP contribution in [0.1, 0.15) is 25.7 Å². The lowest BCUT2D eigenvalue weighted by molar-refractivity contribution is 0.0655. The van der Waals surface area contributed by atoms with E-state index in [4.69, 9.17) is 9.47 Å². The molecule has 4 unspecified atom stereocenters. The van der Waals surface area contributed by atoms with Crippen molar-refractivity contribution in [3.8, 4) is 16.9 Å². The van der Waals surface area contributed by atoms with Crippen LogP contribution in [0.5, 0.6) is 5.75 Å². The number of para-hydroxylation sites is 2. The fourth-order valence-electron chi connectivity index (χ4n) is 5.96. The van der Waals surface area contributed by atoms with Crippen molar-refractivity contribution in [2.24, 2.45) is 11.8 Å². The number of hydrogen-bond acceptors (Lipinski definition) is 4. The highest BCUT2D eigenvalue weighted by Crippen LogP contribution is 2.48. The van der Waals surface area contributed by atoms with Crippen molar-refractivity contribution >= 4 is 11.8 Å². The number of ether oxygens (including phenoxy) is 2. The van der Waals surface area contributed by atoms with Crippen molar-refractivity contribution in [2.45, 2.75) is 37.8 Å². The summed E-state index contributed by atoms with van der Waals surface area (Å²) in [6, 6.07) is 28.4. The summed E-state index contributed by atoms with van der Waals surface area (Å²) >= 11 is 0. The Morgan fingerprint density at radius 1 is 0.943 bits per heavy atom. The van der Waals surface area contributed by atoms with E-state index < -0.39 is 0 Å². The molecular formula is C30H34N2O3. The summed E-state index contributed by atoms with van der Waals surface area (Å²) < 4.78 is 11.9. The molecule has 0 heterocycles. The van der Waals surface area contributed by atoms with Crippen LogP contribution in [0.2, 0.25) is 0 Å². The highest BCUT2D eigenvalue weighted by molar-refractivity contribution is 5.91. The molecule has 0 aliphatic heterocycles. The second kappa shape index (κ2) is 11.0. The van der Waals surface area contributed by atoms with Crippen molar-refractivity contribution in [3.05, 3.63) is 84.9 Å². The highest BCUT2D eigenvalue weighted by Gasteiger charge is 2.51. The number of amides is 1. The zero-order valence-corrected chi connectivity index (χ0v) is 20.3. The van der Waals surface area contributed by atoms with Crippen molar-refractivity contribution in [1.29, 1.82) is 0 Å². The molecule has 35 heavy (non-hydrogen) atoms. The minimum atomic E-state index is -0.358. The average Bonchev–Trinajstić information content (AvgIpc) is 3.46. The smallest absolute Gasteiger partial charge is 0.411 e. The molecule has 5 nitrogen and oxygen atoms in total. The second-order valence-electron chi connectivity index (χ2n) is 9.70. The Labute approximate surface area is 208 Å². The first-order chi connectivity index (χ1) is 17.2. The van der Waals surface area contributed by atoms with Gasteiger partial charge in [-0.15, -0.1) is 0 Å². The van der Waals surface area contributed by atoms with E-state index in [-0.39, 0.29) is 12.2 Å². The molecule has 5 rings (SSSR count). The van der Waals surface area contributed by atoms with Gasteiger partial charge >= 0.3 is 6.09 Å². The molecule has 2 fully saturated rings. The zero-order chi connectivity index (χ0) is 24.0. The lowest BCUT2D eigenvalue weighted by Crippen LogP contribution is -2.38. The molecular weight excluding hydrogens is 436 g/mol. The van der Waals surface area contributed by atoms with E-state index in [1.807, 2.05) is 84.9 Å². The monoisotopic (exact) mass is 470 g/mol.